The molecule has 5 nitrogen and oxygen atoms in total. The van der Waals surface area contributed by atoms with Crippen LogP contribution in [0.5, 0.6) is 11.5 Å². The fourth-order valence-electron chi connectivity index (χ4n) is 2.12. The molecule has 0 spiro atoms. The van der Waals surface area contributed by atoms with Crippen LogP contribution in [-0.4, -0.2) is 30.6 Å². The summed E-state index contributed by atoms with van der Waals surface area (Å²) >= 11 is 0. The highest BCUT2D eigenvalue weighted by atomic mass is 16.5. The maximum absolute atomic E-state index is 11.9. The van der Waals surface area contributed by atoms with Crippen LogP contribution in [0.1, 0.15) is 28.8 Å². The number of aryl methyl sites for hydroxylation is 1. The number of ketones is 1. The molecule has 0 saturated carbocycles. The van der Waals surface area contributed by atoms with Crippen molar-refractivity contribution < 1.29 is 24.2 Å². The highest BCUT2D eigenvalue weighted by Gasteiger charge is 2.25. The summed E-state index contributed by atoms with van der Waals surface area (Å²) in [7, 11) is 1.46. The molecule has 96 valence electrons. The fraction of sp³-hybridized carbons (Fsp3) is 0.385. The van der Waals surface area contributed by atoms with E-state index in [1.54, 1.807) is 6.07 Å². The van der Waals surface area contributed by atoms with Crippen molar-refractivity contribution in [1.29, 1.82) is 0 Å². The lowest BCUT2D eigenvalue weighted by Crippen LogP contribution is -2.17. The zero-order chi connectivity index (χ0) is 13.1. The maximum atomic E-state index is 11.9. The number of hydrogen-bond acceptors (Lipinski definition) is 4. The molecule has 0 amide bonds. The Hall–Kier alpha value is -2.04. The summed E-state index contributed by atoms with van der Waals surface area (Å²) in [5.74, 6) is -0.458. The molecule has 0 heterocycles. The number of rotatable bonds is 4. The summed E-state index contributed by atoms with van der Waals surface area (Å²) in [4.78, 5) is 22.5. The molecule has 1 aromatic rings. The van der Waals surface area contributed by atoms with Crippen molar-refractivity contribution in [3.05, 3.63) is 23.3 Å². The first-order valence-corrected chi connectivity index (χ1v) is 5.71. The first-order valence-electron chi connectivity index (χ1n) is 5.71. The number of Topliss-reactive ketones (excluding diaryl/α,β-unsaturated/α-hetero) is 1. The first-order chi connectivity index (χ1) is 8.63. The van der Waals surface area contributed by atoms with Gasteiger partial charge in [0, 0.05) is 6.42 Å². The van der Waals surface area contributed by atoms with Crippen LogP contribution in [0.15, 0.2) is 12.1 Å². The van der Waals surface area contributed by atoms with Gasteiger partial charge in [-0.25, -0.2) is 4.79 Å². The van der Waals surface area contributed by atoms with Crippen LogP contribution >= 0.6 is 0 Å². The average Bonchev–Trinajstić information content (AvgIpc) is 2.36. The molecule has 0 bridgehead atoms. The van der Waals surface area contributed by atoms with E-state index in [0.29, 0.717) is 17.7 Å². The van der Waals surface area contributed by atoms with E-state index >= 15 is 0 Å². The van der Waals surface area contributed by atoms with Crippen molar-refractivity contribution >= 4 is 11.8 Å². The van der Waals surface area contributed by atoms with E-state index in [9.17, 15) is 9.59 Å². The van der Waals surface area contributed by atoms with Gasteiger partial charge in [0.2, 0.25) is 0 Å². The second-order valence-electron chi connectivity index (χ2n) is 4.09. The van der Waals surface area contributed by atoms with Crippen LogP contribution < -0.4 is 9.47 Å². The summed E-state index contributed by atoms with van der Waals surface area (Å²) in [5.41, 5.74) is 1.37. The van der Waals surface area contributed by atoms with Gasteiger partial charge in [0.15, 0.2) is 23.9 Å². The Bertz CT molecular complexity index is 492. The predicted octanol–water partition coefficient (Wildman–Crippen LogP) is 1.68. The van der Waals surface area contributed by atoms with Gasteiger partial charge in [-0.2, -0.15) is 0 Å². The van der Waals surface area contributed by atoms with E-state index in [-0.39, 0.29) is 11.5 Å². The second-order valence-corrected chi connectivity index (χ2v) is 4.09. The van der Waals surface area contributed by atoms with Gasteiger partial charge < -0.3 is 14.6 Å². The van der Waals surface area contributed by atoms with E-state index in [4.69, 9.17) is 14.6 Å². The van der Waals surface area contributed by atoms with Crippen molar-refractivity contribution in [2.24, 2.45) is 0 Å². The van der Waals surface area contributed by atoms with Gasteiger partial charge in [0.25, 0.3) is 0 Å². The van der Waals surface area contributed by atoms with E-state index in [0.717, 1.165) is 18.4 Å². The van der Waals surface area contributed by atoms with Crippen molar-refractivity contribution in [2.75, 3.05) is 13.7 Å². The lowest BCUT2D eigenvalue weighted by Gasteiger charge is -2.20. The minimum absolute atomic E-state index is 0.0180. The number of carboxylic acid groups (broad SMARTS) is 1. The largest absolute Gasteiger partial charge is 0.493 e. The van der Waals surface area contributed by atoms with Gasteiger partial charge in [-0.3, -0.25) is 4.79 Å². The van der Waals surface area contributed by atoms with Gasteiger partial charge in [0.1, 0.15) is 0 Å². The highest BCUT2D eigenvalue weighted by Crippen LogP contribution is 2.37. The van der Waals surface area contributed by atoms with Gasteiger partial charge >= 0.3 is 5.97 Å². The van der Waals surface area contributed by atoms with E-state index in [1.165, 1.54) is 7.11 Å². The summed E-state index contributed by atoms with van der Waals surface area (Å²) in [6.07, 6.45) is 2.08. The van der Waals surface area contributed by atoms with Crippen molar-refractivity contribution in [3.63, 3.8) is 0 Å². The molecule has 0 aliphatic heterocycles. The Balaban J connectivity index is 2.45. The summed E-state index contributed by atoms with van der Waals surface area (Å²) in [5, 5.41) is 8.66. The normalized spacial score (nSPS) is 13.9. The monoisotopic (exact) mass is 250 g/mol. The third kappa shape index (κ3) is 2.30. The maximum Gasteiger partial charge on any atom is 0.341 e. The van der Waals surface area contributed by atoms with E-state index < -0.39 is 12.6 Å². The average molecular weight is 250 g/mol. The molecule has 0 unspecified atom stereocenters. The molecular formula is C13H14O5. The Kier molecular flexibility index (Phi) is 3.50. The minimum Gasteiger partial charge on any atom is -0.493 e. The highest BCUT2D eigenvalue weighted by molar-refractivity contribution is 6.01. The number of fused-ring (bicyclic) bond motifs is 1. The lowest BCUT2D eigenvalue weighted by molar-refractivity contribution is -0.139. The standard InChI is InChI=1S/C13H14O5/c1-17-10-6-5-8-3-2-4-9(14)12(8)13(10)18-7-11(15)16/h5-6H,2-4,7H2,1H3,(H,15,16). The van der Waals surface area contributed by atoms with Crippen LogP contribution in [0.3, 0.4) is 0 Å². The lowest BCUT2D eigenvalue weighted by atomic mass is 9.89. The number of methoxy groups -OCH3 is 1. The van der Waals surface area contributed by atoms with E-state index in [1.807, 2.05) is 6.07 Å². The number of carbonyl (C=O) groups is 2. The van der Waals surface area contributed by atoms with Gasteiger partial charge in [-0.1, -0.05) is 6.07 Å². The molecule has 0 saturated heterocycles. The summed E-state index contributed by atoms with van der Waals surface area (Å²) in [6, 6.07) is 3.54. The number of aliphatic carboxylic acids is 1. The van der Waals surface area contributed by atoms with Gasteiger partial charge in [-0.15, -0.1) is 0 Å². The zero-order valence-corrected chi connectivity index (χ0v) is 10.1. The number of carboxylic acids is 1. The molecule has 1 N–H and O–H groups in total. The van der Waals surface area contributed by atoms with Crippen molar-refractivity contribution in [1.82, 2.24) is 0 Å². The smallest absolute Gasteiger partial charge is 0.341 e. The summed E-state index contributed by atoms with van der Waals surface area (Å²) < 4.78 is 10.3. The Morgan fingerprint density at radius 3 is 2.83 bits per heavy atom. The van der Waals surface area contributed by atoms with Gasteiger partial charge in [0.05, 0.1) is 12.7 Å². The topological polar surface area (TPSA) is 72.8 Å². The van der Waals surface area contributed by atoms with Gasteiger partial charge in [-0.05, 0) is 24.5 Å². The predicted molar refractivity (Wildman–Crippen MR) is 63.4 cm³/mol. The molecule has 0 aromatic heterocycles. The third-order valence-electron chi connectivity index (χ3n) is 2.90. The summed E-state index contributed by atoms with van der Waals surface area (Å²) in [6.45, 7) is -0.486. The molecule has 2 rings (SSSR count). The molecule has 18 heavy (non-hydrogen) atoms. The molecular weight excluding hydrogens is 236 g/mol. The molecule has 1 aromatic carbocycles. The molecule has 0 radical (unpaired) electrons. The molecule has 0 atom stereocenters. The molecule has 1 aliphatic rings. The third-order valence-corrected chi connectivity index (χ3v) is 2.90. The Labute approximate surface area is 104 Å². The quantitative estimate of drug-likeness (QED) is 0.880. The SMILES string of the molecule is COc1ccc2c(c1OCC(=O)O)C(=O)CCC2. The van der Waals surface area contributed by atoms with Crippen LogP contribution in [0.25, 0.3) is 0 Å². The Morgan fingerprint density at radius 1 is 1.39 bits per heavy atom. The Morgan fingerprint density at radius 2 is 2.17 bits per heavy atom. The van der Waals surface area contributed by atoms with Crippen molar-refractivity contribution in [3.8, 4) is 11.5 Å². The fourth-order valence-corrected chi connectivity index (χ4v) is 2.12. The molecule has 5 heteroatoms. The molecule has 0 fully saturated rings. The van der Waals surface area contributed by atoms with E-state index in [2.05, 4.69) is 0 Å². The number of carbonyl (C=O) groups excluding carboxylic acids is 1. The second kappa shape index (κ2) is 5.08. The number of benzene rings is 1. The van der Waals surface area contributed by atoms with Crippen LogP contribution in [0, 0.1) is 0 Å². The zero-order valence-electron chi connectivity index (χ0n) is 10.1. The molecule has 1 aliphatic carbocycles. The first kappa shape index (κ1) is 12.4. The van der Waals surface area contributed by atoms with Crippen LogP contribution in [0.2, 0.25) is 0 Å². The van der Waals surface area contributed by atoms with Crippen LogP contribution in [0.4, 0.5) is 0 Å². The van der Waals surface area contributed by atoms with Crippen LogP contribution in [-0.2, 0) is 11.2 Å². The number of hydrogen-bond donors (Lipinski definition) is 1. The minimum atomic E-state index is -1.09. The number of ether oxygens (including phenoxy) is 2. The van der Waals surface area contributed by atoms with Crippen molar-refractivity contribution in [2.45, 2.75) is 19.3 Å².